The molecule has 0 aliphatic carbocycles. The zero-order valence-corrected chi connectivity index (χ0v) is 21.8. The Morgan fingerprint density at radius 3 is 2.09 bits per heavy atom. The summed E-state index contributed by atoms with van der Waals surface area (Å²) in [4.78, 5) is 18.5. The van der Waals surface area contributed by atoms with E-state index in [1.54, 1.807) is 18.7 Å². The molecule has 0 spiro atoms. The number of nitrogens with one attached hydrogen (secondary N) is 1. The van der Waals surface area contributed by atoms with E-state index in [9.17, 15) is 17.1 Å². The van der Waals surface area contributed by atoms with Crippen LogP contribution >= 0.6 is 0 Å². The third-order valence-electron chi connectivity index (χ3n) is 6.32. The Hall–Kier alpha value is -2.11. The maximum Gasteiger partial charge on any atom is 0.488 e. The van der Waals surface area contributed by atoms with Crippen LogP contribution in [0.25, 0.3) is 0 Å². The molecule has 2 aliphatic rings. The molecule has 192 valence electrons. The second-order valence-corrected chi connectivity index (χ2v) is 10.9. The predicted octanol–water partition coefficient (Wildman–Crippen LogP) is 2.67. The number of nitrogens with zero attached hydrogens (tertiary/aromatic N) is 3. The van der Waals surface area contributed by atoms with Gasteiger partial charge in [-0.2, -0.15) is 8.42 Å². The van der Waals surface area contributed by atoms with Gasteiger partial charge in [-0.05, 0) is 58.2 Å². The third kappa shape index (κ3) is 6.51. The maximum atomic E-state index is 13.6. The molecule has 2 saturated heterocycles. The zero-order valence-electron chi connectivity index (χ0n) is 21.0. The van der Waals surface area contributed by atoms with E-state index >= 15 is 0 Å². The average Bonchev–Trinajstić information content (AvgIpc) is 2.74. The van der Waals surface area contributed by atoms with Crippen LogP contribution in [-0.4, -0.2) is 82.3 Å². The fraction of sp³-hybridized carbons (Fsp3) is 0.696. The van der Waals surface area contributed by atoms with Crippen LogP contribution in [0.15, 0.2) is 0 Å². The van der Waals surface area contributed by atoms with Gasteiger partial charge >= 0.3 is 16.6 Å². The van der Waals surface area contributed by atoms with Gasteiger partial charge in [0.05, 0.1) is 0 Å². The first-order valence-electron chi connectivity index (χ1n) is 11.7. The highest BCUT2D eigenvalue weighted by atomic mass is 32.3. The predicted molar refractivity (Wildman–Crippen MR) is 129 cm³/mol. The molecule has 0 unspecified atom stereocenters. The first-order chi connectivity index (χ1) is 15.8. The van der Waals surface area contributed by atoms with Crippen LogP contribution in [0, 0.1) is 20.8 Å². The van der Waals surface area contributed by atoms with Gasteiger partial charge in [0.15, 0.2) is 5.75 Å². The second-order valence-electron chi connectivity index (χ2n) is 9.99. The van der Waals surface area contributed by atoms with Crippen molar-refractivity contribution in [1.29, 1.82) is 0 Å². The summed E-state index contributed by atoms with van der Waals surface area (Å²) in [5.41, 5.74) is 3.43. The molecule has 0 atom stereocenters. The molecule has 11 heteroatoms. The number of hydrogen-bond donors (Lipinski definition) is 1. The van der Waals surface area contributed by atoms with Crippen LogP contribution in [0.4, 0.5) is 14.4 Å². The van der Waals surface area contributed by atoms with Gasteiger partial charge in [-0.25, -0.2) is 4.79 Å². The first-order valence-corrected chi connectivity index (χ1v) is 13.0. The lowest BCUT2D eigenvalue weighted by molar-refractivity contribution is 0.0240. The van der Waals surface area contributed by atoms with Crippen molar-refractivity contribution in [2.24, 2.45) is 0 Å². The number of carbonyl (C=O) groups excluding carboxylic acids is 1. The van der Waals surface area contributed by atoms with Gasteiger partial charge in [0.25, 0.3) is 0 Å². The largest absolute Gasteiger partial charge is 0.488 e. The van der Waals surface area contributed by atoms with Gasteiger partial charge in [0.1, 0.15) is 5.60 Å². The highest BCUT2D eigenvalue weighted by molar-refractivity contribution is 7.81. The minimum Gasteiger partial charge on any atom is -0.444 e. The highest BCUT2D eigenvalue weighted by Gasteiger charge is 2.30. The lowest BCUT2D eigenvalue weighted by Gasteiger charge is -2.39. The number of anilines is 1. The zero-order chi connectivity index (χ0) is 25.3. The lowest BCUT2D eigenvalue weighted by Crippen LogP contribution is -2.50. The molecule has 3 rings (SSSR count). The van der Waals surface area contributed by atoms with Crippen molar-refractivity contribution < 1.29 is 26.0 Å². The van der Waals surface area contributed by atoms with E-state index in [2.05, 4.69) is 15.1 Å². The van der Waals surface area contributed by atoms with E-state index in [4.69, 9.17) is 8.92 Å². The number of hydrogen-bond acceptors (Lipinski definition) is 8. The normalized spacial score (nSPS) is 18.2. The SMILES string of the molecule is Cc1c(CN2CCNCC2)c(C)c(N2CCN(C(=O)OC(C)(C)C)CC2)c(C)c1OS(=O)(=O)F. The van der Waals surface area contributed by atoms with Gasteiger partial charge in [0.2, 0.25) is 0 Å². The van der Waals surface area contributed by atoms with Crippen LogP contribution in [0.2, 0.25) is 0 Å². The monoisotopic (exact) mass is 500 g/mol. The first kappa shape index (κ1) is 26.5. The van der Waals surface area contributed by atoms with Crippen molar-refractivity contribution >= 4 is 22.3 Å². The molecule has 2 aliphatic heterocycles. The van der Waals surface area contributed by atoms with Crippen LogP contribution in [0.5, 0.6) is 5.75 Å². The number of rotatable bonds is 5. The molecule has 0 aromatic heterocycles. The number of halogens is 1. The van der Waals surface area contributed by atoms with E-state index in [0.29, 0.717) is 43.9 Å². The number of amides is 1. The number of carbonyl (C=O) groups is 1. The van der Waals surface area contributed by atoms with Gasteiger partial charge in [-0.1, -0.05) is 3.89 Å². The van der Waals surface area contributed by atoms with E-state index in [1.165, 1.54) is 0 Å². The highest BCUT2D eigenvalue weighted by Crippen LogP contribution is 2.40. The van der Waals surface area contributed by atoms with E-state index in [-0.39, 0.29) is 11.8 Å². The number of ether oxygens (including phenoxy) is 1. The summed E-state index contributed by atoms with van der Waals surface area (Å²) in [5, 5.41) is 3.33. The van der Waals surface area contributed by atoms with E-state index in [0.717, 1.165) is 43.0 Å². The van der Waals surface area contributed by atoms with Crippen molar-refractivity contribution in [2.45, 2.75) is 53.7 Å². The summed E-state index contributed by atoms with van der Waals surface area (Å²) in [7, 11) is -5.18. The molecular weight excluding hydrogens is 463 g/mol. The Bertz CT molecular complexity index is 1010. The van der Waals surface area contributed by atoms with Crippen molar-refractivity contribution in [3.8, 4) is 5.75 Å². The van der Waals surface area contributed by atoms with Gasteiger partial charge < -0.3 is 24.0 Å². The summed E-state index contributed by atoms with van der Waals surface area (Å²) >= 11 is 0. The van der Waals surface area contributed by atoms with Crippen LogP contribution in [0.1, 0.15) is 43.0 Å². The average molecular weight is 501 g/mol. The summed E-state index contributed by atoms with van der Waals surface area (Å²) in [6.45, 7) is 17.2. The molecule has 9 nitrogen and oxygen atoms in total. The molecule has 0 saturated carbocycles. The molecule has 2 fully saturated rings. The maximum absolute atomic E-state index is 13.6. The molecule has 1 aromatic carbocycles. The lowest BCUT2D eigenvalue weighted by atomic mass is 9.94. The Morgan fingerprint density at radius 1 is 0.971 bits per heavy atom. The van der Waals surface area contributed by atoms with Crippen LogP contribution in [-0.2, 0) is 21.8 Å². The standard InChI is InChI=1S/C23H37FN4O5S/c1-16-19(15-26-9-7-25-8-10-26)17(2)21(33-34(24,30)31)18(3)20(16)27-11-13-28(14-12-27)22(29)32-23(4,5)6/h25H,7-15H2,1-6H3. The van der Waals surface area contributed by atoms with Crippen molar-refractivity contribution in [3.63, 3.8) is 0 Å². The fourth-order valence-corrected chi connectivity index (χ4v) is 5.15. The summed E-state index contributed by atoms with van der Waals surface area (Å²) in [5.74, 6) is 0.0443. The fourth-order valence-electron chi connectivity index (χ4n) is 4.70. The molecule has 1 amide bonds. The molecule has 34 heavy (non-hydrogen) atoms. The molecule has 0 bridgehead atoms. The van der Waals surface area contributed by atoms with Crippen LogP contribution in [0.3, 0.4) is 0 Å². The Labute approximate surface area is 202 Å². The third-order valence-corrected chi connectivity index (χ3v) is 6.68. The molecule has 2 heterocycles. The molecule has 1 aromatic rings. The van der Waals surface area contributed by atoms with Crippen molar-refractivity contribution in [3.05, 3.63) is 22.3 Å². The van der Waals surface area contributed by atoms with Gasteiger partial charge in [-0.3, -0.25) is 4.90 Å². The smallest absolute Gasteiger partial charge is 0.444 e. The Balaban J connectivity index is 1.92. The second kappa shape index (κ2) is 10.2. The van der Waals surface area contributed by atoms with E-state index < -0.39 is 16.1 Å². The minimum atomic E-state index is -5.18. The summed E-state index contributed by atoms with van der Waals surface area (Å²) < 4.78 is 46.8. The summed E-state index contributed by atoms with van der Waals surface area (Å²) in [6, 6.07) is 0. The van der Waals surface area contributed by atoms with Crippen molar-refractivity contribution in [1.82, 2.24) is 15.1 Å². The number of benzene rings is 1. The van der Waals surface area contributed by atoms with Gasteiger partial charge in [0, 0.05) is 70.2 Å². The quantitative estimate of drug-likeness (QED) is 0.617. The van der Waals surface area contributed by atoms with Gasteiger partial charge in [-0.15, -0.1) is 0 Å². The Kier molecular flexibility index (Phi) is 7.99. The molecule has 1 N–H and O–H groups in total. The van der Waals surface area contributed by atoms with Crippen LogP contribution < -0.4 is 14.4 Å². The molecular formula is C23H37FN4O5S. The topological polar surface area (TPSA) is 91.4 Å². The summed E-state index contributed by atoms with van der Waals surface area (Å²) in [6.07, 6.45) is -0.351. The minimum absolute atomic E-state index is 0.0443. The van der Waals surface area contributed by atoms with Crippen molar-refractivity contribution in [2.75, 3.05) is 57.3 Å². The Morgan fingerprint density at radius 2 is 1.56 bits per heavy atom. The van der Waals surface area contributed by atoms with E-state index in [1.807, 2.05) is 27.7 Å². The molecule has 0 radical (unpaired) electrons. The number of piperazine rings is 2.